The summed E-state index contributed by atoms with van der Waals surface area (Å²) in [4.78, 5) is 0. The average molecular weight is 285 g/mol. The van der Waals surface area contributed by atoms with Crippen LogP contribution < -0.4 is 5.32 Å². The van der Waals surface area contributed by atoms with Crippen LogP contribution in [0.2, 0.25) is 0 Å². The van der Waals surface area contributed by atoms with Gasteiger partial charge in [-0.1, -0.05) is 20.8 Å². The van der Waals surface area contributed by atoms with E-state index in [1.54, 1.807) is 11.8 Å². The van der Waals surface area contributed by atoms with Crippen LogP contribution in [0, 0.1) is 17.6 Å². The molecule has 1 aliphatic rings. The second kappa shape index (κ2) is 6.23. The van der Waals surface area contributed by atoms with Crippen LogP contribution >= 0.6 is 11.8 Å². The van der Waals surface area contributed by atoms with Crippen LogP contribution in [0.4, 0.5) is 8.78 Å². The average Bonchev–Trinajstić information content (AvgIpc) is 2.34. The molecule has 1 aromatic carbocycles. The van der Waals surface area contributed by atoms with Gasteiger partial charge in [-0.3, -0.25) is 0 Å². The van der Waals surface area contributed by atoms with E-state index < -0.39 is 11.6 Å². The van der Waals surface area contributed by atoms with Gasteiger partial charge in [-0.05, 0) is 30.5 Å². The van der Waals surface area contributed by atoms with Gasteiger partial charge in [0.05, 0.1) is 0 Å². The highest BCUT2D eigenvalue weighted by molar-refractivity contribution is 7.99. The van der Waals surface area contributed by atoms with E-state index in [4.69, 9.17) is 0 Å². The standard InChI is InChI=1S/C15H21F2NS/c1-4-5-18-14-13-10(6-11(16)7-12(13)17)8-19-15(14)9(2)3/h6-7,9,14-15,18H,4-5,8H2,1-3H3. The number of hydrogen-bond donors (Lipinski definition) is 1. The lowest BCUT2D eigenvalue weighted by molar-refractivity contribution is 0.420. The van der Waals surface area contributed by atoms with Crippen LogP contribution in [0.15, 0.2) is 12.1 Å². The second-order valence-corrected chi connectivity index (χ2v) is 6.58. The van der Waals surface area contributed by atoms with Crippen molar-refractivity contribution in [3.8, 4) is 0 Å². The molecule has 1 nitrogen and oxygen atoms in total. The molecule has 19 heavy (non-hydrogen) atoms. The summed E-state index contributed by atoms with van der Waals surface area (Å²) in [7, 11) is 0. The Morgan fingerprint density at radius 3 is 2.74 bits per heavy atom. The molecule has 2 unspecified atom stereocenters. The summed E-state index contributed by atoms with van der Waals surface area (Å²) >= 11 is 1.79. The fourth-order valence-electron chi connectivity index (χ4n) is 2.65. The summed E-state index contributed by atoms with van der Waals surface area (Å²) in [6.45, 7) is 7.26. The lowest BCUT2D eigenvalue weighted by Crippen LogP contribution is -2.37. The minimum atomic E-state index is -0.478. The van der Waals surface area contributed by atoms with E-state index in [-0.39, 0.29) is 6.04 Å². The molecular weight excluding hydrogens is 264 g/mol. The molecule has 2 atom stereocenters. The molecule has 0 amide bonds. The molecule has 0 fully saturated rings. The SMILES string of the molecule is CCCNC1c2c(F)cc(F)cc2CSC1C(C)C. The largest absolute Gasteiger partial charge is 0.309 e. The number of halogens is 2. The van der Waals surface area contributed by atoms with Gasteiger partial charge in [0.15, 0.2) is 0 Å². The summed E-state index contributed by atoms with van der Waals surface area (Å²) in [6, 6.07) is 2.46. The fourth-order valence-corrected chi connectivity index (χ4v) is 4.07. The van der Waals surface area contributed by atoms with E-state index in [0.717, 1.165) is 24.6 Å². The van der Waals surface area contributed by atoms with Gasteiger partial charge >= 0.3 is 0 Å². The zero-order valence-electron chi connectivity index (χ0n) is 11.7. The van der Waals surface area contributed by atoms with E-state index >= 15 is 0 Å². The molecule has 2 rings (SSSR count). The number of fused-ring (bicyclic) bond motifs is 1. The van der Waals surface area contributed by atoms with E-state index in [0.29, 0.717) is 22.5 Å². The topological polar surface area (TPSA) is 12.0 Å². The molecule has 0 saturated heterocycles. The van der Waals surface area contributed by atoms with Crippen molar-refractivity contribution < 1.29 is 8.78 Å². The first-order chi connectivity index (χ1) is 9.04. The number of benzene rings is 1. The molecule has 0 saturated carbocycles. The van der Waals surface area contributed by atoms with E-state index in [9.17, 15) is 8.78 Å². The van der Waals surface area contributed by atoms with Crippen molar-refractivity contribution in [1.82, 2.24) is 5.32 Å². The normalized spacial score (nSPS) is 22.6. The van der Waals surface area contributed by atoms with Crippen LogP contribution in [0.1, 0.15) is 44.4 Å². The highest BCUT2D eigenvalue weighted by atomic mass is 32.2. The fraction of sp³-hybridized carbons (Fsp3) is 0.600. The second-order valence-electron chi connectivity index (χ2n) is 5.41. The Balaban J connectivity index is 2.39. The molecule has 0 spiro atoms. The molecule has 0 aliphatic carbocycles. The van der Waals surface area contributed by atoms with Crippen LogP contribution in [0.5, 0.6) is 0 Å². The lowest BCUT2D eigenvalue weighted by atomic mass is 9.92. The Labute approximate surface area is 118 Å². The van der Waals surface area contributed by atoms with Gasteiger partial charge in [0, 0.05) is 28.7 Å². The zero-order valence-corrected chi connectivity index (χ0v) is 12.5. The predicted octanol–water partition coefficient (Wildman–Crippen LogP) is 4.28. The Kier molecular flexibility index (Phi) is 4.85. The summed E-state index contributed by atoms with van der Waals surface area (Å²) in [5.41, 5.74) is 1.47. The number of nitrogens with one attached hydrogen (secondary N) is 1. The summed E-state index contributed by atoms with van der Waals surface area (Å²) < 4.78 is 27.5. The minimum Gasteiger partial charge on any atom is -0.309 e. The van der Waals surface area contributed by atoms with Crippen LogP contribution in [-0.2, 0) is 5.75 Å². The first kappa shape index (κ1) is 14.8. The molecule has 106 valence electrons. The van der Waals surface area contributed by atoms with Gasteiger partial charge < -0.3 is 5.32 Å². The smallest absolute Gasteiger partial charge is 0.131 e. The highest BCUT2D eigenvalue weighted by Gasteiger charge is 2.34. The first-order valence-electron chi connectivity index (χ1n) is 6.87. The third-order valence-electron chi connectivity index (χ3n) is 3.52. The van der Waals surface area contributed by atoms with Crippen LogP contribution in [0.3, 0.4) is 0 Å². The molecular formula is C15H21F2NS. The first-order valence-corrected chi connectivity index (χ1v) is 7.92. The Morgan fingerprint density at radius 2 is 2.11 bits per heavy atom. The number of rotatable bonds is 4. The molecule has 0 radical (unpaired) electrons. The molecule has 4 heteroatoms. The Morgan fingerprint density at radius 1 is 1.37 bits per heavy atom. The zero-order chi connectivity index (χ0) is 14.0. The quantitative estimate of drug-likeness (QED) is 0.886. The van der Waals surface area contributed by atoms with Crippen molar-refractivity contribution in [2.24, 2.45) is 5.92 Å². The monoisotopic (exact) mass is 285 g/mol. The Bertz CT molecular complexity index is 448. The third kappa shape index (κ3) is 3.11. The van der Waals surface area contributed by atoms with Crippen molar-refractivity contribution in [1.29, 1.82) is 0 Å². The van der Waals surface area contributed by atoms with Crippen LogP contribution in [0.25, 0.3) is 0 Å². The van der Waals surface area contributed by atoms with E-state index in [1.807, 2.05) is 0 Å². The van der Waals surface area contributed by atoms with Crippen molar-refractivity contribution in [2.45, 2.75) is 44.2 Å². The predicted molar refractivity (Wildman–Crippen MR) is 77.3 cm³/mol. The van der Waals surface area contributed by atoms with Gasteiger partial charge in [-0.2, -0.15) is 11.8 Å². The highest BCUT2D eigenvalue weighted by Crippen LogP contribution is 2.42. The van der Waals surface area contributed by atoms with Gasteiger partial charge in [-0.15, -0.1) is 0 Å². The maximum Gasteiger partial charge on any atom is 0.131 e. The van der Waals surface area contributed by atoms with Crippen LogP contribution in [-0.4, -0.2) is 11.8 Å². The molecule has 0 bridgehead atoms. The lowest BCUT2D eigenvalue weighted by Gasteiger charge is -2.36. The van der Waals surface area contributed by atoms with Crippen molar-refractivity contribution in [2.75, 3.05) is 6.54 Å². The molecule has 1 aromatic rings. The number of thioether (sulfide) groups is 1. The van der Waals surface area contributed by atoms with Gasteiger partial charge in [0.25, 0.3) is 0 Å². The summed E-state index contributed by atoms with van der Waals surface area (Å²) in [5, 5.41) is 3.77. The maximum atomic E-state index is 14.2. The van der Waals surface area contributed by atoms with E-state index in [2.05, 4.69) is 26.1 Å². The molecule has 1 aliphatic heterocycles. The molecule has 1 heterocycles. The van der Waals surface area contributed by atoms with Gasteiger partial charge in [0.2, 0.25) is 0 Å². The Hall–Kier alpha value is -0.610. The minimum absolute atomic E-state index is 0.0192. The summed E-state index contributed by atoms with van der Waals surface area (Å²) in [6.07, 6.45) is 1.00. The summed E-state index contributed by atoms with van der Waals surface area (Å²) in [5.74, 6) is 0.262. The molecule has 1 N–H and O–H groups in total. The van der Waals surface area contributed by atoms with Crippen molar-refractivity contribution in [3.63, 3.8) is 0 Å². The van der Waals surface area contributed by atoms with Gasteiger partial charge in [0.1, 0.15) is 11.6 Å². The van der Waals surface area contributed by atoms with Crippen molar-refractivity contribution in [3.05, 3.63) is 34.9 Å². The maximum absolute atomic E-state index is 14.2. The molecule has 0 aromatic heterocycles. The van der Waals surface area contributed by atoms with Gasteiger partial charge in [-0.25, -0.2) is 8.78 Å². The van der Waals surface area contributed by atoms with E-state index in [1.165, 1.54) is 6.07 Å². The van der Waals surface area contributed by atoms with Crippen molar-refractivity contribution >= 4 is 11.8 Å². The third-order valence-corrected chi connectivity index (χ3v) is 5.20. The number of hydrogen-bond acceptors (Lipinski definition) is 2.